The van der Waals surface area contributed by atoms with Crippen molar-refractivity contribution in [2.24, 2.45) is 0 Å². The van der Waals surface area contributed by atoms with E-state index in [9.17, 15) is 14.4 Å². The van der Waals surface area contributed by atoms with Crippen molar-refractivity contribution in [3.63, 3.8) is 0 Å². The molecule has 11 heteroatoms. The van der Waals surface area contributed by atoms with Crippen LogP contribution in [0.25, 0.3) is 10.2 Å². The van der Waals surface area contributed by atoms with Crippen molar-refractivity contribution in [2.75, 3.05) is 38.0 Å². The zero-order chi connectivity index (χ0) is 24.3. The van der Waals surface area contributed by atoms with E-state index in [1.807, 2.05) is 9.80 Å². The van der Waals surface area contributed by atoms with Gasteiger partial charge in [-0.15, -0.1) is 0 Å². The number of fused-ring (bicyclic) bond motifs is 1. The second-order valence-corrected chi connectivity index (χ2v) is 9.05. The largest absolute Gasteiger partial charge is 0.408 e. The summed E-state index contributed by atoms with van der Waals surface area (Å²) in [6.07, 6.45) is 11.2. The molecule has 3 rings (SSSR count). The molecule has 2 aromatic rings. The third kappa shape index (κ3) is 7.69. The third-order valence-corrected chi connectivity index (χ3v) is 6.48. The Hall–Kier alpha value is -3.20. The van der Waals surface area contributed by atoms with Gasteiger partial charge in [0.25, 0.3) is 0 Å². The van der Waals surface area contributed by atoms with E-state index < -0.39 is 0 Å². The first-order valence-corrected chi connectivity index (χ1v) is 12.1. The molecule has 34 heavy (non-hydrogen) atoms. The molecule has 3 N–H and O–H groups in total. The lowest BCUT2D eigenvalue weighted by atomic mass is 10.1. The smallest absolute Gasteiger partial charge is 0.243 e. The predicted octanol–water partition coefficient (Wildman–Crippen LogP) is 2.69. The van der Waals surface area contributed by atoms with Crippen molar-refractivity contribution >= 4 is 44.4 Å². The van der Waals surface area contributed by atoms with Crippen LogP contribution in [0.15, 0.2) is 18.2 Å². The molecule has 1 aliphatic heterocycles. The van der Waals surface area contributed by atoms with Crippen molar-refractivity contribution < 1.29 is 27.2 Å². The van der Waals surface area contributed by atoms with E-state index in [1.54, 1.807) is 23.7 Å². The number of rotatable bonds is 11. The fraction of sp³-hybridized carbons (Fsp3) is 0.478. The summed E-state index contributed by atoms with van der Waals surface area (Å²) in [4.78, 5) is 44.1. The van der Waals surface area contributed by atoms with Crippen molar-refractivity contribution in [2.45, 2.75) is 38.5 Å². The normalized spacial score (nSPS) is 13.9. The molecule has 0 bridgehead atoms. The first-order valence-electron chi connectivity index (χ1n) is 11.2. The molecule has 1 aliphatic rings. The van der Waals surface area contributed by atoms with Crippen LogP contribution in [0, 0.1) is 12.5 Å². The van der Waals surface area contributed by atoms with Crippen LogP contribution in [0.3, 0.4) is 0 Å². The van der Waals surface area contributed by atoms with Gasteiger partial charge in [-0.1, -0.05) is 30.6 Å². The van der Waals surface area contributed by atoms with Crippen LogP contribution in [0.2, 0.25) is 0 Å². The topological polar surface area (TPSA) is 124 Å². The number of carbonyl (C=O) groups is 3. The van der Waals surface area contributed by atoms with Crippen molar-refractivity contribution in [1.82, 2.24) is 20.3 Å². The Kier molecular flexibility index (Phi) is 9.63. The molecule has 1 fully saturated rings. The number of amides is 3. The number of benzene rings is 1. The minimum Gasteiger partial charge on any atom is -0.408 e. The standard InChI is InChI=1S/C23H29N5O5S.2H2/c1-2-33-17-9-10-18-19(15-17)34-23(24-18)25-21(30)16-27-11-13-28(14-12-27)22(31)8-6-4-3-5-7-20(29)26-32;;/h1,9-10,15,32H,3-8,11-14,16H2,(H,26,29)(H,24,25,30);2*1H. The van der Waals surface area contributed by atoms with E-state index in [0.717, 1.165) is 29.5 Å². The maximum atomic E-state index is 12.5. The Morgan fingerprint density at radius 2 is 1.85 bits per heavy atom. The summed E-state index contributed by atoms with van der Waals surface area (Å²) in [6, 6.07) is 5.31. The van der Waals surface area contributed by atoms with Gasteiger partial charge in [-0.2, -0.15) is 0 Å². The summed E-state index contributed by atoms with van der Waals surface area (Å²) < 4.78 is 5.91. The lowest BCUT2D eigenvalue weighted by Gasteiger charge is -2.34. The maximum absolute atomic E-state index is 12.5. The van der Waals surface area contributed by atoms with Crippen molar-refractivity contribution in [1.29, 1.82) is 0 Å². The molecule has 1 saturated heterocycles. The number of anilines is 1. The molecule has 0 aliphatic carbocycles. The van der Waals surface area contributed by atoms with Gasteiger partial charge in [0.1, 0.15) is 11.9 Å². The second kappa shape index (κ2) is 12.9. The lowest BCUT2D eigenvalue weighted by Crippen LogP contribution is -2.50. The summed E-state index contributed by atoms with van der Waals surface area (Å²) in [5, 5.41) is 11.8. The molecular formula is C23H33N5O5S. The average Bonchev–Trinajstić information content (AvgIpc) is 3.22. The number of hydrogen-bond donors (Lipinski definition) is 3. The number of unbranched alkanes of at least 4 members (excludes halogenated alkanes) is 3. The zero-order valence-electron chi connectivity index (χ0n) is 18.9. The molecule has 0 atom stereocenters. The van der Waals surface area contributed by atoms with Crippen LogP contribution in [-0.2, 0) is 14.4 Å². The van der Waals surface area contributed by atoms with Crippen LogP contribution in [0.1, 0.15) is 41.4 Å². The van der Waals surface area contributed by atoms with E-state index in [4.69, 9.17) is 16.4 Å². The number of nitrogens with one attached hydrogen (secondary N) is 2. The van der Waals surface area contributed by atoms with Crippen molar-refractivity contribution in [3.05, 3.63) is 18.2 Å². The highest BCUT2D eigenvalue weighted by Crippen LogP contribution is 2.29. The SMILES string of the molecule is C#COc1ccc2nc(NC(=O)CN3CCN(C(=O)CCCCCCC(=O)NO)CC3)sc2c1.[HH].[HH]. The van der Waals surface area contributed by atoms with Gasteiger partial charge in [0.05, 0.1) is 16.8 Å². The number of thiazole rings is 1. The predicted molar refractivity (Wildman–Crippen MR) is 133 cm³/mol. The number of nitrogens with zero attached hydrogens (tertiary/aromatic N) is 3. The van der Waals surface area contributed by atoms with Crippen LogP contribution >= 0.6 is 11.3 Å². The molecule has 0 saturated carbocycles. The van der Waals surface area contributed by atoms with Gasteiger partial charge in [0, 0.05) is 47.9 Å². The van der Waals surface area contributed by atoms with Gasteiger partial charge in [-0.3, -0.25) is 24.5 Å². The quantitative estimate of drug-likeness (QED) is 0.191. The van der Waals surface area contributed by atoms with E-state index >= 15 is 0 Å². The number of hydroxylamine groups is 1. The highest BCUT2D eigenvalue weighted by atomic mass is 32.1. The number of terminal acetylenes is 1. The Bertz CT molecular complexity index is 1050. The van der Waals surface area contributed by atoms with Crippen LogP contribution < -0.4 is 15.5 Å². The van der Waals surface area contributed by atoms with Gasteiger partial charge >= 0.3 is 0 Å². The van der Waals surface area contributed by atoms with E-state index in [0.29, 0.717) is 56.3 Å². The van der Waals surface area contributed by atoms with Gasteiger partial charge in [0.15, 0.2) is 5.13 Å². The molecule has 1 aromatic heterocycles. The van der Waals surface area contributed by atoms with Gasteiger partial charge in [-0.25, -0.2) is 10.5 Å². The maximum Gasteiger partial charge on any atom is 0.243 e. The lowest BCUT2D eigenvalue weighted by molar-refractivity contribution is -0.133. The number of ether oxygens (including phenoxy) is 1. The molecule has 0 spiro atoms. The summed E-state index contributed by atoms with van der Waals surface area (Å²) in [5.74, 6) is 0.150. The number of carbonyl (C=O) groups excluding carboxylic acids is 3. The summed E-state index contributed by atoms with van der Waals surface area (Å²) in [7, 11) is 0. The Morgan fingerprint density at radius 3 is 2.56 bits per heavy atom. The monoisotopic (exact) mass is 491 g/mol. The molecule has 186 valence electrons. The molecule has 2 heterocycles. The third-order valence-electron chi connectivity index (χ3n) is 5.54. The first kappa shape index (κ1) is 25.4. The Morgan fingerprint density at radius 1 is 1.12 bits per heavy atom. The molecule has 0 unspecified atom stereocenters. The zero-order valence-corrected chi connectivity index (χ0v) is 19.7. The number of aromatic nitrogens is 1. The average molecular weight is 492 g/mol. The van der Waals surface area contributed by atoms with Crippen LogP contribution in [0.4, 0.5) is 5.13 Å². The van der Waals surface area contributed by atoms with Gasteiger partial charge < -0.3 is 15.0 Å². The van der Waals surface area contributed by atoms with Crippen molar-refractivity contribution in [3.8, 4) is 18.3 Å². The number of piperazine rings is 1. The number of hydrogen-bond acceptors (Lipinski definition) is 8. The molecular weight excluding hydrogens is 458 g/mol. The summed E-state index contributed by atoms with van der Waals surface area (Å²) in [5.41, 5.74) is 2.37. The van der Waals surface area contributed by atoms with Crippen LogP contribution in [0.5, 0.6) is 5.75 Å². The van der Waals surface area contributed by atoms with E-state index in [-0.39, 0.29) is 27.1 Å². The van der Waals surface area contributed by atoms with Crippen LogP contribution in [-0.4, -0.2) is 70.4 Å². The van der Waals surface area contributed by atoms with E-state index in [1.165, 1.54) is 11.3 Å². The first-order chi connectivity index (χ1) is 16.5. The minimum absolute atomic E-state index is 0. The Labute approximate surface area is 205 Å². The fourth-order valence-electron chi connectivity index (χ4n) is 3.74. The highest BCUT2D eigenvalue weighted by molar-refractivity contribution is 7.22. The van der Waals surface area contributed by atoms with E-state index in [2.05, 4.69) is 16.4 Å². The fourth-order valence-corrected chi connectivity index (χ4v) is 4.65. The molecule has 0 radical (unpaired) electrons. The molecule has 10 nitrogen and oxygen atoms in total. The van der Waals surface area contributed by atoms with Gasteiger partial charge in [-0.05, 0) is 25.0 Å². The summed E-state index contributed by atoms with van der Waals surface area (Å²) >= 11 is 1.35. The Balaban J connectivity index is 0.00000324. The molecule has 1 aromatic carbocycles. The van der Waals surface area contributed by atoms with Gasteiger partial charge in [0.2, 0.25) is 17.7 Å². The minimum atomic E-state index is -0.382. The second-order valence-electron chi connectivity index (χ2n) is 8.02. The highest BCUT2D eigenvalue weighted by Gasteiger charge is 2.22. The summed E-state index contributed by atoms with van der Waals surface area (Å²) in [6.45, 7) is 2.72. The molecule has 3 amide bonds.